The van der Waals surface area contributed by atoms with E-state index in [4.69, 9.17) is 0 Å². The second-order valence-corrected chi connectivity index (χ2v) is 5.42. The Morgan fingerprint density at radius 3 is 2.78 bits per heavy atom. The zero-order valence-electron chi connectivity index (χ0n) is 11.1. The summed E-state index contributed by atoms with van der Waals surface area (Å²) in [5, 5.41) is 5.30. The zero-order chi connectivity index (χ0) is 13.0. The highest BCUT2D eigenvalue weighted by molar-refractivity contribution is 7.09. The van der Waals surface area contributed by atoms with Crippen LogP contribution < -0.4 is 10.2 Å². The molecule has 1 unspecified atom stereocenters. The molecule has 18 heavy (non-hydrogen) atoms. The van der Waals surface area contributed by atoms with Gasteiger partial charge in [0.25, 0.3) is 0 Å². The highest BCUT2D eigenvalue weighted by Gasteiger charge is 2.06. The maximum absolute atomic E-state index is 4.50. The lowest BCUT2D eigenvalue weighted by Crippen LogP contribution is -2.17. The van der Waals surface area contributed by atoms with Crippen LogP contribution in [0.3, 0.4) is 0 Å². The van der Waals surface area contributed by atoms with E-state index in [0.717, 1.165) is 17.9 Å². The largest absolute Gasteiger partial charge is 0.368 e. The molecule has 0 fully saturated rings. The summed E-state index contributed by atoms with van der Waals surface area (Å²) in [7, 11) is 4.04. The van der Waals surface area contributed by atoms with Crippen LogP contribution >= 0.6 is 11.3 Å². The van der Waals surface area contributed by atoms with E-state index < -0.39 is 0 Å². The molecule has 1 N–H and O–H groups in total. The summed E-state index contributed by atoms with van der Waals surface area (Å²) in [5.74, 6) is 0. The molecule has 2 heterocycles. The molecule has 0 aromatic carbocycles. The monoisotopic (exact) mass is 261 g/mol. The van der Waals surface area contributed by atoms with Gasteiger partial charge in [-0.1, -0.05) is 6.07 Å². The Bertz CT molecular complexity index is 464. The number of thiophene rings is 1. The zero-order valence-corrected chi connectivity index (χ0v) is 11.9. The van der Waals surface area contributed by atoms with E-state index in [1.54, 1.807) is 11.3 Å². The lowest BCUT2D eigenvalue weighted by Gasteiger charge is -2.19. The molecule has 96 valence electrons. The molecule has 3 nitrogen and oxygen atoms in total. The van der Waals surface area contributed by atoms with E-state index in [9.17, 15) is 0 Å². The van der Waals surface area contributed by atoms with Crippen molar-refractivity contribution in [2.75, 3.05) is 19.0 Å². The number of anilines is 1. The van der Waals surface area contributed by atoms with E-state index in [-0.39, 0.29) is 0 Å². The van der Waals surface area contributed by atoms with Crippen molar-refractivity contribution in [1.82, 2.24) is 10.3 Å². The molecule has 0 aliphatic rings. The first kappa shape index (κ1) is 13.1. The maximum atomic E-state index is 4.50. The van der Waals surface area contributed by atoms with Crippen molar-refractivity contribution in [3.05, 3.63) is 46.4 Å². The molecule has 4 heteroatoms. The molecule has 0 amide bonds. The summed E-state index contributed by atoms with van der Waals surface area (Å²) in [5.41, 5.74) is 2.22. The van der Waals surface area contributed by atoms with Gasteiger partial charge in [-0.05, 0) is 37.6 Å². The van der Waals surface area contributed by atoms with Crippen LogP contribution in [0, 0.1) is 0 Å². The first-order chi connectivity index (χ1) is 8.70. The highest BCUT2D eigenvalue weighted by atomic mass is 32.1. The van der Waals surface area contributed by atoms with Crippen molar-refractivity contribution in [2.45, 2.75) is 19.5 Å². The Labute approximate surface area is 112 Å². The van der Waals surface area contributed by atoms with Gasteiger partial charge in [0.1, 0.15) is 0 Å². The molecule has 0 aliphatic heterocycles. The first-order valence-electron chi connectivity index (χ1n) is 6.07. The Morgan fingerprint density at radius 1 is 1.39 bits per heavy atom. The van der Waals surface area contributed by atoms with E-state index >= 15 is 0 Å². The van der Waals surface area contributed by atoms with Crippen molar-refractivity contribution in [2.24, 2.45) is 0 Å². The smallest absolute Gasteiger partial charge is 0.0571 e. The third kappa shape index (κ3) is 3.09. The summed E-state index contributed by atoms with van der Waals surface area (Å²) < 4.78 is 0. The Balaban J connectivity index is 2.04. The summed E-state index contributed by atoms with van der Waals surface area (Å²) in [6.07, 6.45) is 1.94. The molecule has 1 atom stereocenters. The van der Waals surface area contributed by atoms with Gasteiger partial charge in [0, 0.05) is 18.0 Å². The maximum Gasteiger partial charge on any atom is 0.0571 e. The average molecular weight is 261 g/mol. The molecule has 0 spiro atoms. The first-order valence-corrected chi connectivity index (χ1v) is 6.95. The van der Waals surface area contributed by atoms with E-state index in [1.165, 1.54) is 4.88 Å². The highest BCUT2D eigenvalue weighted by Crippen LogP contribution is 2.18. The average Bonchev–Trinajstić information content (AvgIpc) is 2.91. The predicted octanol–water partition coefficient (Wildman–Crippen LogP) is 3.06. The quantitative estimate of drug-likeness (QED) is 0.896. The third-order valence-corrected chi connectivity index (χ3v) is 3.92. The van der Waals surface area contributed by atoms with Crippen molar-refractivity contribution >= 4 is 17.0 Å². The van der Waals surface area contributed by atoms with Crippen LogP contribution in [0.15, 0.2) is 35.8 Å². The standard InChI is InChI=1S/C14H19N3S/c1-11(15-2)14-7-6-12(9-16-14)17(3)10-13-5-4-8-18-13/h4-9,11,15H,10H2,1-3H3. The SMILES string of the molecule is CNC(C)c1ccc(N(C)Cc2cccs2)cn1. The summed E-state index contributed by atoms with van der Waals surface area (Å²) in [4.78, 5) is 8.08. The van der Waals surface area contributed by atoms with Gasteiger partial charge >= 0.3 is 0 Å². The molecule has 0 saturated carbocycles. The molecule has 2 rings (SSSR count). The van der Waals surface area contributed by atoms with Crippen molar-refractivity contribution in [1.29, 1.82) is 0 Å². The minimum absolute atomic E-state index is 0.293. The fourth-order valence-electron chi connectivity index (χ4n) is 1.75. The number of nitrogens with zero attached hydrogens (tertiary/aromatic N) is 2. The molecule has 0 bridgehead atoms. The molecule has 0 saturated heterocycles. The van der Waals surface area contributed by atoms with Crippen molar-refractivity contribution in [3.8, 4) is 0 Å². The molecule has 2 aromatic heterocycles. The van der Waals surface area contributed by atoms with Gasteiger partial charge in [0.05, 0.1) is 24.1 Å². The molecule has 0 radical (unpaired) electrons. The summed E-state index contributed by atoms with van der Waals surface area (Å²) in [6, 6.07) is 8.75. The molecule has 0 aliphatic carbocycles. The van der Waals surface area contributed by atoms with Gasteiger partial charge in [0.2, 0.25) is 0 Å². The van der Waals surface area contributed by atoms with Gasteiger partial charge in [0.15, 0.2) is 0 Å². The van der Waals surface area contributed by atoms with Gasteiger partial charge in [-0.15, -0.1) is 11.3 Å². The molecule has 2 aromatic rings. The van der Waals surface area contributed by atoms with Crippen LogP contribution in [0.5, 0.6) is 0 Å². The second kappa shape index (κ2) is 5.98. The van der Waals surface area contributed by atoms with Crippen LogP contribution in [0.4, 0.5) is 5.69 Å². The topological polar surface area (TPSA) is 28.2 Å². The Kier molecular flexibility index (Phi) is 4.33. The minimum Gasteiger partial charge on any atom is -0.368 e. The van der Waals surface area contributed by atoms with Crippen molar-refractivity contribution in [3.63, 3.8) is 0 Å². The molecular weight excluding hydrogens is 242 g/mol. The number of aromatic nitrogens is 1. The summed E-state index contributed by atoms with van der Waals surface area (Å²) in [6.45, 7) is 3.04. The fraction of sp³-hybridized carbons (Fsp3) is 0.357. The third-order valence-electron chi connectivity index (χ3n) is 3.06. The van der Waals surface area contributed by atoms with Gasteiger partial charge in [-0.3, -0.25) is 4.98 Å². The van der Waals surface area contributed by atoms with E-state index in [1.807, 2.05) is 13.2 Å². The predicted molar refractivity (Wildman–Crippen MR) is 78.1 cm³/mol. The van der Waals surface area contributed by atoms with E-state index in [0.29, 0.717) is 6.04 Å². The fourth-order valence-corrected chi connectivity index (χ4v) is 2.51. The van der Waals surface area contributed by atoms with Crippen LogP contribution in [-0.2, 0) is 6.54 Å². The van der Waals surface area contributed by atoms with E-state index in [2.05, 4.69) is 58.8 Å². The Morgan fingerprint density at radius 2 is 2.22 bits per heavy atom. The van der Waals surface area contributed by atoms with Gasteiger partial charge in [-0.25, -0.2) is 0 Å². The van der Waals surface area contributed by atoms with Crippen LogP contribution in [0.2, 0.25) is 0 Å². The Hall–Kier alpha value is -1.39. The van der Waals surface area contributed by atoms with Gasteiger partial charge < -0.3 is 10.2 Å². The van der Waals surface area contributed by atoms with Crippen LogP contribution in [0.1, 0.15) is 23.5 Å². The second-order valence-electron chi connectivity index (χ2n) is 4.39. The van der Waals surface area contributed by atoms with Gasteiger partial charge in [-0.2, -0.15) is 0 Å². The van der Waals surface area contributed by atoms with Crippen LogP contribution in [0.25, 0.3) is 0 Å². The minimum atomic E-state index is 0.293. The van der Waals surface area contributed by atoms with Crippen LogP contribution in [-0.4, -0.2) is 19.1 Å². The van der Waals surface area contributed by atoms with Crippen molar-refractivity contribution < 1.29 is 0 Å². The lowest BCUT2D eigenvalue weighted by molar-refractivity contribution is 0.633. The number of rotatable bonds is 5. The normalized spacial score (nSPS) is 12.4. The number of hydrogen-bond donors (Lipinski definition) is 1. The number of nitrogens with one attached hydrogen (secondary N) is 1. The lowest BCUT2D eigenvalue weighted by atomic mass is 10.2. The number of pyridine rings is 1. The number of hydrogen-bond acceptors (Lipinski definition) is 4. The summed E-state index contributed by atoms with van der Waals surface area (Å²) >= 11 is 1.79. The molecular formula is C14H19N3S.